The van der Waals surface area contributed by atoms with E-state index in [1.165, 1.54) is 0 Å². The summed E-state index contributed by atoms with van der Waals surface area (Å²) in [6.45, 7) is 6.42. The van der Waals surface area contributed by atoms with E-state index in [-0.39, 0.29) is 54.2 Å². The molecule has 2 aromatic carbocycles. The molecule has 1 aromatic heterocycles. The minimum absolute atomic E-state index is 0.00530. The number of rotatable bonds is 8. The zero-order chi connectivity index (χ0) is 37.7. The van der Waals surface area contributed by atoms with Crippen molar-refractivity contribution in [1.82, 2.24) is 25.0 Å². The molecule has 0 spiro atoms. The number of nitrogens with one attached hydrogen (secondary N) is 2. The average Bonchev–Trinajstić information content (AvgIpc) is 3.70. The summed E-state index contributed by atoms with van der Waals surface area (Å²) in [4.78, 5) is 91.0. The van der Waals surface area contributed by atoms with E-state index in [0.717, 1.165) is 34.0 Å². The highest BCUT2D eigenvalue weighted by Gasteiger charge is 2.46. The number of benzene rings is 2. The van der Waals surface area contributed by atoms with Gasteiger partial charge in [-0.25, -0.2) is 4.98 Å². The van der Waals surface area contributed by atoms with Gasteiger partial charge < -0.3 is 20.0 Å². The predicted molar refractivity (Wildman–Crippen MR) is 201 cm³/mol. The molecular formula is C39H41ClN8O6. The van der Waals surface area contributed by atoms with Crippen molar-refractivity contribution >= 4 is 64.2 Å². The molecule has 14 nitrogen and oxygen atoms in total. The number of imide groups is 2. The van der Waals surface area contributed by atoms with Crippen LogP contribution in [0.5, 0.6) is 0 Å². The van der Waals surface area contributed by atoms with Crippen LogP contribution in [-0.4, -0.2) is 120 Å². The first-order valence-corrected chi connectivity index (χ1v) is 18.9. The van der Waals surface area contributed by atoms with Gasteiger partial charge in [0.2, 0.25) is 23.6 Å². The van der Waals surface area contributed by atoms with Crippen LogP contribution in [0.4, 0.5) is 17.2 Å². The largest absolute Gasteiger partial charge is 0.369 e. The predicted octanol–water partition coefficient (Wildman–Crippen LogP) is 2.65. The third-order valence-electron chi connectivity index (χ3n) is 11.6. The number of halogens is 1. The van der Waals surface area contributed by atoms with Crippen molar-refractivity contribution in [3.05, 3.63) is 82.0 Å². The van der Waals surface area contributed by atoms with E-state index in [2.05, 4.69) is 34.7 Å². The number of piperazine rings is 2. The van der Waals surface area contributed by atoms with Gasteiger partial charge in [0.15, 0.2) is 0 Å². The highest BCUT2D eigenvalue weighted by atomic mass is 35.5. The van der Waals surface area contributed by atoms with Gasteiger partial charge in [-0.3, -0.25) is 43.9 Å². The Morgan fingerprint density at radius 3 is 2.52 bits per heavy atom. The normalized spacial score (nSPS) is 23.1. The van der Waals surface area contributed by atoms with Gasteiger partial charge in [-0.15, -0.1) is 0 Å². The van der Waals surface area contributed by atoms with Crippen molar-refractivity contribution in [2.24, 2.45) is 0 Å². The number of carbonyl (C=O) groups is 6. The number of fused-ring (bicyclic) bond motifs is 2. The van der Waals surface area contributed by atoms with E-state index in [9.17, 15) is 28.8 Å². The number of hydrogen-bond acceptors (Lipinski definition) is 10. The standard InChI is InChI=1S/C39H41ClN8O6/c1-2-39(23-42-35-34(39)27(40)11-13-41-35)24-5-3-6-25(21-24)47-20-15-44(22-32(47)51)14-12-31(50)46-18-16-45(17-19-46)28-8-4-7-26-33(28)38(54)48(37(26)53)29-9-10-30(49)43-36(29)52/h3-8,11,13,21,29H,2,9-10,12,14-20,22-23H2,1H3,(H,41,42)(H,43,49,52). The molecule has 8 rings (SSSR count). The average molecular weight is 753 g/mol. The van der Waals surface area contributed by atoms with Crippen LogP contribution in [0.25, 0.3) is 0 Å². The molecule has 3 fully saturated rings. The zero-order valence-corrected chi connectivity index (χ0v) is 30.7. The Kier molecular flexibility index (Phi) is 9.34. The number of amides is 6. The van der Waals surface area contributed by atoms with E-state index in [4.69, 9.17) is 11.6 Å². The van der Waals surface area contributed by atoms with Gasteiger partial charge in [-0.1, -0.05) is 36.7 Å². The highest BCUT2D eigenvalue weighted by molar-refractivity contribution is 6.32. The van der Waals surface area contributed by atoms with E-state index < -0.39 is 29.7 Å². The second-order valence-electron chi connectivity index (χ2n) is 14.4. The van der Waals surface area contributed by atoms with Crippen molar-refractivity contribution in [3.8, 4) is 0 Å². The summed E-state index contributed by atoms with van der Waals surface area (Å²) >= 11 is 6.69. The first-order valence-electron chi connectivity index (χ1n) is 18.5. The lowest BCUT2D eigenvalue weighted by Crippen LogP contribution is -2.54. The lowest BCUT2D eigenvalue weighted by Gasteiger charge is -2.38. The van der Waals surface area contributed by atoms with Crippen LogP contribution in [0.3, 0.4) is 0 Å². The zero-order valence-electron chi connectivity index (χ0n) is 30.0. The van der Waals surface area contributed by atoms with Gasteiger partial charge in [0.05, 0.1) is 23.4 Å². The fraction of sp³-hybridized carbons (Fsp3) is 0.410. The molecule has 2 atom stereocenters. The first kappa shape index (κ1) is 35.7. The molecule has 15 heteroatoms. The molecule has 5 aliphatic heterocycles. The molecule has 6 amide bonds. The second-order valence-corrected chi connectivity index (χ2v) is 14.8. The molecule has 54 heavy (non-hydrogen) atoms. The van der Waals surface area contributed by atoms with Crippen molar-refractivity contribution in [1.29, 1.82) is 0 Å². The molecule has 2 unspecified atom stereocenters. The quantitative estimate of drug-likeness (QED) is 0.328. The van der Waals surface area contributed by atoms with Crippen molar-refractivity contribution in [3.63, 3.8) is 0 Å². The van der Waals surface area contributed by atoms with E-state index in [1.807, 2.05) is 32.9 Å². The second kappa shape index (κ2) is 14.1. The van der Waals surface area contributed by atoms with Crippen molar-refractivity contribution in [2.45, 2.75) is 44.1 Å². The Labute approximate surface area is 317 Å². The third-order valence-corrected chi connectivity index (χ3v) is 11.9. The maximum atomic E-state index is 13.6. The first-order chi connectivity index (χ1) is 26.1. The lowest BCUT2D eigenvalue weighted by molar-refractivity contribution is -0.136. The van der Waals surface area contributed by atoms with Crippen LogP contribution in [0, 0.1) is 0 Å². The molecule has 0 bridgehead atoms. The smallest absolute Gasteiger partial charge is 0.264 e. The molecule has 5 aliphatic rings. The topological polar surface area (TPSA) is 156 Å². The number of carbonyl (C=O) groups excluding carboxylic acids is 6. The molecule has 0 aliphatic carbocycles. The summed E-state index contributed by atoms with van der Waals surface area (Å²) in [5, 5.41) is 6.32. The van der Waals surface area contributed by atoms with Gasteiger partial charge in [-0.2, -0.15) is 0 Å². The molecule has 0 saturated carbocycles. The Morgan fingerprint density at radius 1 is 0.963 bits per heavy atom. The summed E-state index contributed by atoms with van der Waals surface area (Å²) in [6.07, 6.45) is 2.93. The van der Waals surface area contributed by atoms with Gasteiger partial charge in [0, 0.05) is 93.1 Å². The van der Waals surface area contributed by atoms with Crippen LogP contribution in [0.15, 0.2) is 54.7 Å². The highest BCUT2D eigenvalue weighted by Crippen LogP contribution is 2.47. The van der Waals surface area contributed by atoms with Crippen LogP contribution < -0.4 is 20.4 Å². The minimum atomic E-state index is -1.04. The van der Waals surface area contributed by atoms with Gasteiger partial charge >= 0.3 is 0 Å². The molecular weight excluding hydrogens is 712 g/mol. The Bertz CT molecular complexity index is 2080. The van der Waals surface area contributed by atoms with Crippen LogP contribution >= 0.6 is 11.6 Å². The fourth-order valence-corrected chi connectivity index (χ4v) is 8.96. The minimum Gasteiger partial charge on any atom is -0.369 e. The maximum absolute atomic E-state index is 13.6. The molecule has 0 radical (unpaired) electrons. The van der Waals surface area contributed by atoms with E-state index in [0.29, 0.717) is 63.1 Å². The molecule has 2 N–H and O–H groups in total. The lowest BCUT2D eigenvalue weighted by atomic mass is 9.74. The van der Waals surface area contributed by atoms with Crippen LogP contribution in [0.2, 0.25) is 5.02 Å². The Morgan fingerprint density at radius 2 is 1.76 bits per heavy atom. The summed E-state index contributed by atoms with van der Waals surface area (Å²) in [5.41, 5.74) is 3.61. The molecule has 3 aromatic rings. The van der Waals surface area contributed by atoms with Crippen molar-refractivity contribution < 1.29 is 28.8 Å². The van der Waals surface area contributed by atoms with Crippen LogP contribution in [-0.2, 0) is 24.6 Å². The number of piperidine rings is 1. The molecule has 280 valence electrons. The van der Waals surface area contributed by atoms with E-state index in [1.54, 1.807) is 29.3 Å². The maximum Gasteiger partial charge on any atom is 0.264 e. The van der Waals surface area contributed by atoms with Crippen LogP contribution in [0.1, 0.15) is 64.4 Å². The summed E-state index contributed by atoms with van der Waals surface area (Å²) in [7, 11) is 0. The van der Waals surface area contributed by atoms with Crippen molar-refractivity contribution in [2.75, 3.05) is 74.0 Å². The molecule has 6 heterocycles. The summed E-state index contributed by atoms with van der Waals surface area (Å²) in [5.74, 6) is -1.40. The fourth-order valence-electron chi connectivity index (χ4n) is 8.63. The van der Waals surface area contributed by atoms with E-state index >= 15 is 0 Å². The monoisotopic (exact) mass is 752 g/mol. The van der Waals surface area contributed by atoms with Gasteiger partial charge in [0.25, 0.3) is 11.8 Å². The number of pyridine rings is 1. The third kappa shape index (κ3) is 6.06. The van der Waals surface area contributed by atoms with Gasteiger partial charge in [-0.05, 0) is 48.7 Å². The number of nitrogens with zero attached hydrogens (tertiary/aromatic N) is 6. The molecule has 3 saturated heterocycles. The Hall–Kier alpha value is -5.34. The number of aromatic nitrogens is 1. The Balaban J connectivity index is 0.854. The SMILES string of the molecule is CCC1(c2cccc(N3CCN(CCC(=O)N4CCN(c5cccc6c5C(=O)N(C5CCC(=O)NC5=O)C6=O)CC4)CC3=O)c2)CNc2nccc(Cl)c21. The number of anilines is 3. The van der Waals surface area contributed by atoms with Gasteiger partial charge in [0.1, 0.15) is 11.9 Å². The summed E-state index contributed by atoms with van der Waals surface area (Å²) < 4.78 is 0. The number of hydrogen-bond donors (Lipinski definition) is 2. The summed E-state index contributed by atoms with van der Waals surface area (Å²) in [6, 6.07) is 14.0.